The van der Waals surface area contributed by atoms with Gasteiger partial charge in [0.25, 0.3) is 11.8 Å². The summed E-state index contributed by atoms with van der Waals surface area (Å²) in [4.78, 5) is 42.9. The molecule has 2 N–H and O–H groups in total. The highest BCUT2D eigenvalue weighted by molar-refractivity contribution is 7.13. The Kier molecular flexibility index (Phi) is 8.24. The summed E-state index contributed by atoms with van der Waals surface area (Å²) >= 11 is 1.30. The Morgan fingerprint density at radius 2 is 1.40 bits per heavy atom. The first-order chi connectivity index (χ1) is 19.6. The molecule has 0 aliphatic rings. The van der Waals surface area contributed by atoms with Crippen molar-refractivity contribution in [2.24, 2.45) is 0 Å². The number of amides is 3. The molecule has 0 radical (unpaired) electrons. The Hall–Kier alpha value is -5.28. The van der Waals surface area contributed by atoms with Crippen molar-refractivity contribution in [1.29, 1.82) is 0 Å². The first kappa shape index (κ1) is 26.3. The van der Waals surface area contributed by atoms with Crippen LogP contribution in [0.4, 0.5) is 11.4 Å². The van der Waals surface area contributed by atoms with E-state index in [4.69, 9.17) is 4.74 Å². The molecule has 4 aromatic carbocycles. The third-order valence-corrected chi connectivity index (χ3v) is 6.80. The lowest BCUT2D eigenvalue weighted by atomic mass is 10.2. The number of benzene rings is 4. The van der Waals surface area contributed by atoms with Crippen molar-refractivity contribution in [3.05, 3.63) is 131 Å². The molecule has 198 valence electrons. The molecule has 5 aromatic rings. The van der Waals surface area contributed by atoms with E-state index < -0.39 is 11.8 Å². The number of aromatic nitrogens is 1. The van der Waals surface area contributed by atoms with Crippen LogP contribution in [0.5, 0.6) is 5.75 Å². The van der Waals surface area contributed by atoms with Gasteiger partial charge in [0.1, 0.15) is 23.1 Å². The standard InChI is InChI=1S/C31H24N4O4S/c36-21-35(24-11-5-2-6-12-24)25-17-15-23(16-18-25)29(37)33-34-30(38)27-20-40-31(32-27)26-13-7-8-14-28(26)39-19-22-9-3-1-4-10-22/h1-18,20-21H,19H2,(H,33,37)(H,34,38). The molecule has 1 heterocycles. The molecule has 5 rings (SSSR count). The highest BCUT2D eigenvalue weighted by atomic mass is 32.1. The molecule has 0 fully saturated rings. The van der Waals surface area contributed by atoms with Crippen molar-refractivity contribution < 1.29 is 19.1 Å². The number of para-hydroxylation sites is 2. The van der Waals surface area contributed by atoms with Crippen LogP contribution in [0.25, 0.3) is 10.6 Å². The Morgan fingerprint density at radius 1 is 0.775 bits per heavy atom. The first-order valence-electron chi connectivity index (χ1n) is 12.3. The van der Waals surface area contributed by atoms with Crippen molar-refractivity contribution >= 4 is 40.9 Å². The number of hydrogen-bond acceptors (Lipinski definition) is 6. The molecular weight excluding hydrogens is 524 g/mol. The minimum Gasteiger partial charge on any atom is -0.488 e. The monoisotopic (exact) mass is 548 g/mol. The fraction of sp³-hybridized carbons (Fsp3) is 0.0323. The fourth-order valence-corrected chi connectivity index (χ4v) is 4.72. The van der Waals surface area contributed by atoms with Gasteiger partial charge >= 0.3 is 0 Å². The van der Waals surface area contributed by atoms with Gasteiger partial charge in [-0.25, -0.2) is 4.98 Å². The first-order valence-corrected chi connectivity index (χ1v) is 13.2. The van der Waals surface area contributed by atoms with Crippen molar-refractivity contribution in [2.45, 2.75) is 6.61 Å². The number of anilines is 2. The normalized spacial score (nSPS) is 10.4. The van der Waals surface area contributed by atoms with Gasteiger partial charge in [0.05, 0.1) is 5.56 Å². The molecule has 0 saturated carbocycles. The summed E-state index contributed by atoms with van der Waals surface area (Å²) in [5, 5.41) is 2.24. The van der Waals surface area contributed by atoms with Gasteiger partial charge in [-0.3, -0.25) is 30.1 Å². The number of hydrazine groups is 1. The zero-order chi connectivity index (χ0) is 27.7. The summed E-state index contributed by atoms with van der Waals surface area (Å²) < 4.78 is 6.02. The smallest absolute Gasteiger partial charge is 0.289 e. The molecule has 0 atom stereocenters. The van der Waals surface area contributed by atoms with E-state index >= 15 is 0 Å². The summed E-state index contributed by atoms with van der Waals surface area (Å²) in [6.07, 6.45) is 0.709. The SMILES string of the molecule is O=CN(c1ccccc1)c1ccc(C(=O)NNC(=O)c2csc(-c3ccccc3OCc3ccccc3)n2)cc1. The molecule has 9 heteroatoms. The molecule has 1 aromatic heterocycles. The minimum atomic E-state index is -0.550. The maximum atomic E-state index is 12.7. The van der Waals surface area contributed by atoms with Crippen LogP contribution >= 0.6 is 11.3 Å². The molecule has 0 bridgehead atoms. The third-order valence-electron chi connectivity index (χ3n) is 5.93. The van der Waals surface area contributed by atoms with Gasteiger partial charge in [0.15, 0.2) is 0 Å². The van der Waals surface area contributed by atoms with E-state index in [9.17, 15) is 14.4 Å². The third kappa shape index (κ3) is 6.23. The molecule has 8 nitrogen and oxygen atoms in total. The highest BCUT2D eigenvalue weighted by Gasteiger charge is 2.16. The summed E-state index contributed by atoms with van der Waals surface area (Å²) in [5.41, 5.74) is 8.41. The summed E-state index contributed by atoms with van der Waals surface area (Å²) in [5.74, 6) is -0.399. The summed E-state index contributed by atoms with van der Waals surface area (Å²) in [7, 11) is 0. The van der Waals surface area contributed by atoms with E-state index in [0.29, 0.717) is 40.7 Å². The van der Waals surface area contributed by atoms with Crippen molar-refractivity contribution in [3.8, 4) is 16.3 Å². The maximum absolute atomic E-state index is 12.7. The van der Waals surface area contributed by atoms with Crippen LogP contribution in [-0.4, -0.2) is 23.2 Å². The van der Waals surface area contributed by atoms with Crippen LogP contribution in [0.3, 0.4) is 0 Å². The molecule has 3 amide bonds. The Morgan fingerprint density at radius 3 is 2.12 bits per heavy atom. The second-order valence-electron chi connectivity index (χ2n) is 8.57. The summed E-state index contributed by atoms with van der Waals surface area (Å²) in [6, 6.07) is 32.9. The number of carbonyl (C=O) groups is 3. The lowest BCUT2D eigenvalue weighted by molar-refractivity contribution is -0.106. The van der Waals surface area contributed by atoms with Crippen LogP contribution in [0, 0.1) is 0 Å². The number of ether oxygens (including phenoxy) is 1. The Labute approximate surface area is 234 Å². The van der Waals surface area contributed by atoms with E-state index in [1.807, 2.05) is 84.9 Å². The highest BCUT2D eigenvalue weighted by Crippen LogP contribution is 2.32. The van der Waals surface area contributed by atoms with E-state index in [2.05, 4.69) is 15.8 Å². The van der Waals surface area contributed by atoms with Gasteiger partial charge in [-0.1, -0.05) is 60.7 Å². The van der Waals surface area contributed by atoms with Crippen molar-refractivity contribution in [3.63, 3.8) is 0 Å². The summed E-state index contributed by atoms with van der Waals surface area (Å²) in [6.45, 7) is 0.406. The molecule has 0 saturated heterocycles. The molecule has 0 spiro atoms. The average molecular weight is 549 g/mol. The number of rotatable bonds is 9. The molecule has 0 aliphatic carbocycles. The van der Waals surface area contributed by atoms with E-state index in [1.165, 1.54) is 16.2 Å². The molecule has 0 aliphatic heterocycles. The van der Waals surface area contributed by atoms with Crippen molar-refractivity contribution in [1.82, 2.24) is 15.8 Å². The number of hydrogen-bond donors (Lipinski definition) is 2. The zero-order valence-corrected chi connectivity index (χ0v) is 22.0. The minimum absolute atomic E-state index is 0.165. The average Bonchev–Trinajstić information content (AvgIpc) is 3.51. The lowest BCUT2D eigenvalue weighted by Crippen LogP contribution is -2.41. The van der Waals surface area contributed by atoms with Crippen LogP contribution in [-0.2, 0) is 11.4 Å². The second-order valence-corrected chi connectivity index (χ2v) is 9.43. The molecular formula is C31H24N4O4S. The van der Waals surface area contributed by atoms with Gasteiger partial charge in [-0.15, -0.1) is 11.3 Å². The number of carbonyl (C=O) groups excluding carboxylic acids is 3. The van der Waals surface area contributed by atoms with Gasteiger partial charge in [0.2, 0.25) is 6.41 Å². The number of nitrogens with zero attached hydrogens (tertiary/aromatic N) is 2. The van der Waals surface area contributed by atoms with Crippen LogP contribution in [0.15, 0.2) is 115 Å². The topological polar surface area (TPSA) is 101 Å². The Bertz CT molecular complexity index is 1610. The van der Waals surface area contributed by atoms with Crippen LogP contribution in [0.1, 0.15) is 26.4 Å². The van der Waals surface area contributed by atoms with E-state index in [0.717, 1.165) is 11.1 Å². The molecule has 0 unspecified atom stereocenters. The Balaban J connectivity index is 1.20. The van der Waals surface area contributed by atoms with Gasteiger partial charge in [-0.05, 0) is 54.1 Å². The molecule has 40 heavy (non-hydrogen) atoms. The maximum Gasteiger partial charge on any atom is 0.289 e. The number of thiazole rings is 1. The van der Waals surface area contributed by atoms with Gasteiger partial charge in [-0.2, -0.15) is 0 Å². The van der Waals surface area contributed by atoms with E-state index in [1.54, 1.807) is 29.6 Å². The zero-order valence-electron chi connectivity index (χ0n) is 21.2. The lowest BCUT2D eigenvalue weighted by Gasteiger charge is -2.17. The van der Waals surface area contributed by atoms with Crippen LogP contribution < -0.4 is 20.5 Å². The number of nitrogens with one attached hydrogen (secondary N) is 2. The quantitative estimate of drug-likeness (QED) is 0.180. The van der Waals surface area contributed by atoms with Crippen LogP contribution in [0.2, 0.25) is 0 Å². The van der Waals surface area contributed by atoms with Gasteiger partial charge < -0.3 is 4.74 Å². The fourth-order valence-electron chi connectivity index (χ4n) is 3.89. The van der Waals surface area contributed by atoms with E-state index in [-0.39, 0.29) is 5.69 Å². The second kappa shape index (κ2) is 12.5. The van der Waals surface area contributed by atoms with Gasteiger partial charge in [0, 0.05) is 22.3 Å². The predicted octanol–water partition coefficient (Wildman–Crippen LogP) is 5.76. The van der Waals surface area contributed by atoms with Crippen molar-refractivity contribution in [2.75, 3.05) is 4.90 Å². The predicted molar refractivity (Wildman–Crippen MR) is 154 cm³/mol. The largest absolute Gasteiger partial charge is 0.488 e.